The summed E-state index contributed by atoms with van der Waals surface area (Å²) in [6.45, 7) is 3.13. The number of aliphatic hydroxyl groups excluding tert-OH is 1. The number of carboxylic acids is 1. The summed E-state index contributed by atoms with van der Waals surface area (Å²) >= 11 is 5.82. The highest BCUT2D eigenvalue weighted by atomic mass is 35.5. The van der Waals surface area contributed by atoms with Gasteiger partial charge < -0.3 is 15.5 Å². The number of halogens is 1. The van der Waals surface area contributed by atoms with E-state index in [4.69, 9.17) is 21.8 Å². The van der Waals surface area contributed by atoms with E-state index in [0.717, 1.165) is 0 Å². The van der Waals surface area contributed by atoms with Crippen molar-refractivity contribution in [2.24, 2.45) is 5.41 Å². The Balaban J connectivity index is 4.05. The van der Waals surface area contributed by atoms with Crippen molar-refractivity contribution in [3.05, 3.63) is 0 Å². The van der Waals surface area contributed by atoms with E-state index < -0.39 is 22.7 Å². The first-order chi connectivity index (χ1) is 6.81. The maximum Gasteiger partial charge on any atom is 0.305 e. The maximum atomic E-state index is 11.4. The molecule has 0 fully saturated rings. The van der Waals surface area contributed by atoms with Gasteiger partial charge in [0, 0.05) is 12.0 Å². The zero-order valence-electron chi connectivity index (χ0n) is 8.79. The van der Waals surface area contributed by atoms with Gasteiger partial charge in [0.05, 0.1) is 13.0 Å². The minimum Gasteiger partial charge on any atom is -0.481 e. The molecule has 88 valence electrons. The summed E-state index contributed by atoms with van der Waals surface area (Å²) < 4.78 is 0. The average Bonchev–Trinajstić information content (AvgIpc) is 2.15. The van der Waals surface area contributed by atoms with Crippen molar-refractivity contribution >= 4 is 23.5 Å². The number of carbonyl (C=O) groups is 2. The van der Waals surface area contributed by atoms with E-state index in [1.54, 1.807) is 13.8 Å². The second-order valence-corrected chi connectivity index (χ2v) is 4.38. The van der Waals surface area contributed by atoms with E-state index in [2.05, 4.69) is 5.32 Å². The maximum absolute atomic E-state index is 11.4. The molecule has 1 atom stereocenters. The van der Waals surface area contributed by atoms with E-state index in [9.17, 15) is 9.59 Å². The van der Waals surface area contributed by atoms with Crippen molar-refractivity contribution in [2.75, 3.05) is 13.2 Å². The first-order valence-electron chi connectivity index (χ1n) is 4.55. The van der Waals surface area contributed by atoms with Crippen LogP contribution in [0.5, 0.6) is 0 Å². The number of rotatable bonds is 6. The molecule has 0 aliphatic carbocycles. The summed E-state index contributed by atoms with van der Waals surface area (Å²) in [5, 5.41) is 18.8. The molecular weight excluding hydrogens is 222 g/mol. The molecule has 1 amide bonds. The second kappa shape index (κ2) is 5.92. The highest BCUT2D eigenvalue weighted by Gasteiger charge is 2.32. The van der Waals surface area contributed by atoms with Crippen LogP contribution in [0.2, 0.25) is 0 Å². The molecule has 5 nitrogen and oxygen atoms in total. The predicted octanol–water partition coefficient (Wildman–Crippen LogP) is 0.203. The van der Waals surface area contributed by atoms with Crippen LogP contribution >= 0.6 is 11.6 Å². The fraction of sp³-hybridized carbons (Fsp3) is 0.778. The van der Waals surface area contributed by atoms with Gasteiger partial charge in [-0.15, -0.1) is 11.6 Å². The Morgan fingerprint density at radius 3 is 2.40 bits per heavy atom. The largest absolute Gasteiger partial charge is 0.481 e. The molecule has 0 aromatic carbocycles. The third kappa shape index (κ3) is 4.99. The number of amides is 1. The highest BCUT2D eigenvalue weighted by Crippen LogP contribution is 2.24. The van der Waals surface area contributed by atoms with Gasteiger partial charge in [-0.2, -0.15) is 0 Å². The Kier molecular flexibility index (Phi) is 5.60. The van der Waals surface area contributed by atoms with Crippen LogP contribution in [0, 0.1) is 5.41 Å². The Morgan fingerprint density at radius 2 is 2.00 bits per heavy atom. The molecule has 0 aliphatic rings. The van der Waals surface area contributed by atoms with E-state index in [0.29, 0.717) is 0 Å². The predicted molar refractivity (Wildman–Crippen MR) is 55.8 cm³/mol. The molecule has 0 rings (SSSR count). The lowest BCUT2D eigenvalue weighted by Gasteiger charge is -2.26. The summed E-state index contributed by atoms with van der Waals surface area (Å²) in [4.78, 5) is 21.6. The molecule has 0 aliphatic heterocycles. The van der Waals surface area contributed by atoms with Gasteiger partial charge in [0.2, 0.25) is 5.91 Å². The van der Waals surface area contributed by atoms with Gasteiger partial charge in [-0.3, -0.25) is 9.59 Å². The Hall–Kier alpha value is -0.810. The van der Waals surface area contributed by atoms with Gasteiger partial charge in [0.15, 0.2) is 0 Å². The number of hydrogen-bond donors (Lipinski definition) is 3. The molecule has 0 radical (unpaired) electrons. The number of aliphatic hydroxyl groups is 1. The number of carboxylic acid groups (broad SMARTS) is 1. The Labute approximate surface area is 93.4 Å². The molecular formula is C9H16ClNO4. The number of aliphatic carboxylic acids is 1. The third-order valence-corrected chi connectivity index (χ3v) is 2.75. The van der Waals surface area contributed by atoms with Crippen molar-refractivity contribution in [1.29, 1.82) is 0 Å². The van der Waals surface area contributed by atoms with Crippen molar-refractivity contribution in [1.82, 2.24) is 5.32 Å². The minimum absolute atomic E-state index is 0.0406. The van der Waals surface area contributed by atoms with Crippen LogP contribution in [-0.2, 0) is 9.59 Å². The third-order valence-electron chi connectivity index (χ3n) is 1.96. The van der Waals surface area contributed by atoms with E-state index >= 15 is 0 Å². The Morgan fingerprint density at radius 1 is 1.47 bits per heavy atom. The molecule has 0 aromatic heterocycles. The summed E-state index contributed by atoms with van der Waals surface area (Å²) in [5.74, 6) is -1.44. The molecule has 0 aromatic rings. The molecule has 0 saturated heterocycles. The molecule has 6 heteroatoms. The molecule has 0 heterocycles. The van der Waals surface area contributed by atoms with Crippen molar-refractivity contribution in [3.8, 4) is 0 Å². The van der Waals surface area contributed by atoms with Gasteiger partial charge in [0.25, 0.3) is 0 Å². The van der Waals surface area contributed by atoms with E-state index in [-0.39, 0.29) is 19.6 Å². The van der Waals surface area contributed by atoms with Crippen LogP contribution in [-0.4, -0.2) is 40.6 Å². The lowest BCUT2D eigenvalue weighted by molar-refractivity contribution is -0.136. The van der Waals surface area contributed by atoms with Crippen LogP contribution in [0.4, 0.5) is 0 Å². The molecule has 15 heavy (non-hydrogen) atoms. The van der Waals surface area contributed by atoms with E-state index in [1.165, 1.54) is 0 Å². The van der Waals surface area contributed by atoms with Gasteiger partial charge in [-0.05, 0) is 0 Å². The van der Waals surface area contributed by atoms with E-state index in [1.807, 2.05) is 0 Å². The summed E-state index contributed by atoms with van der Waals surface area (Å²) in [7, 11) is 0. The number of alkyl halides is 1. The fourth-order valence-corrected chi connectivity index (χ4v) is 0.963. The Bertz CT molecular complexity index is 242. The smallest absolute Gasteiger partial charge is 0.305 e. The van der Waals surface area contributed by atoms with Crippen LogP contribution in [0.15, 0.2) is 0 Å². The van der Waals surface area contributed by atoms with Crippen LogP contribution in [0.3, 0.4) is 0 Å². The summed E-state index contributed by atoms with van der Waals surface area (Å²) in [6, 6.07) is 0. The van der Waals surface area contributed by atoms with Crippen LogP contribution in [0.1, 0.15) is 20.3 Å². The monoisotopic (exact) mass is 237 g/mol. The fourth-order valence-electron chi connectivity index (χ4n) is 0.817. The lowest BCUT2D eigenvalue weighted by Crippen LogP contribution is -2.42. The minimum atomic E-state index is -0.983. The molecule has 0 bridgehead atoms. The van der Waals surface area contributed by atoms with Crippen molar-refractivity contribution in [3.63, 3.8) is 0 Å². The topological polar surface area (TPSA) is 86.6 Å². The summed E-state index contributed by atoms with van der Waals surface area (Å²) in [5.41, 5.74) is -0.727. The number of hydrogen-bond acceptors (Lipinski definition) is 3. The molecule has 0 saturated carbocycles. The molecule has 0 unspecified atom stereocenters. The van der Waals surface area contributed by atoms with Crippen molar-refractivity contribution in [2.45, 2.75) is 25.6 Å². The van der Waals surface area contributed by atoms with Gasteiger partial charge in [-0.25, -0.2) is 0 Å². The normalized spacial score (nSPS) is 13.3. The zero-order valence-corrected chi connectivity index (χ0v) is 9.54. The first kappa shape index (κ1) is 14.2. The average molecular weight is 238 g/mol. The second-order valence-electron chi connectivity index (χ2n) is 3.94. The van der Waals surface area contributed by atoms with Crippen LogP contribution in [0.25, 0.3) is 0 Å². The number of carbonyl (C=O) groups excluding carboxylic acids is 1. The van der Waals surface area contributed by atoms with Crippen LogP contribution < -0.4 is 5.32 Å². The van der Waals surface area contributed by atoms with Gasteiger partial charge >= 0.3 is 5.97 Å². The van der Waals surface area contributed by atoms with Gasteiger partial charge in [0.1, 0.15) is 5.38 Å². The van der Waals surface area contributed by atoms with Gasteiger partial charge in [-0.1, -0.05) is 13.8 Å². The molecule has 3 N–H and O–H groups in total. The highest BCUT2D eigenvalue weighted by molar-refractivity contribution is 6.31. The lowest BCUT2D eigenvalue weighted by atomic mass is 9.89. The quantitative estimate of drug-likeness (QED) is 0.576. The SMILES string of the molecule is CC(C)(CO)[C@@H](Cl)C(=O)NCCC(=O)O. The van der Waals surface area contributed by atoms with Crippen molar-refractivity contribution < 1.29 is 19.8 Å². The first-order valence-corrected chi connectivity index (χ1v) is 4.99. The summed E-state index contributed by atoms with van der Waals surface area (Å²) in [6.07, 6.45) is -0.144. The molecule has 0 spiro atoms. The zero-order chi connectivity index (χ0) is 12.1. The number of nitrogens with one attached hydrogen (secondary N) is 1. The standard InChI is InChI=1S/C9H16ClNO4/c1-9(2,5-12)7(10)8(15)11-4-3-6(13)14/h7,12H,3-5H2,1-2H3,(H,11,15)(H,13,14)/t7-/m0/s1.